The van der Waals surface area contributed by atoms with Gasteiger partial charge in [0.25, 0.3) is 0 Å². The number of nitrogens with zero attached hydrogens (tertiary/aromatic N) is 1. The van der Waals surface area contributed by atoms with Crippen molar-refractivity contribution in [1.29, 1.82) is 0 Å². The summed E-state index contributed by atoms with van der Waals surface area (Å²) in [6.07, 6.45) is 0. The van der Waals surface area contributed by atoms with Gasteiger partial charge in [-0.3, -0.25) is 0 Å². The Labute approximate surface area is 96.6 Å². The third kappa shape index (κ3) is 1.46. The molecule has 1 saturated heterocycles. The molecule has 2 rings (SSSR count). The zero-order chi connectivity index (χ0) is 11.8. The zero-order valence-electron chi connectivity index (χ0n) is 10.4. The molecule has 0 radical (unpaired) electrons. The molecule has 6 heteroatoms. The number of hydrogen-bond donors (Lipinski definition) is 0. The average Bonchev–Trinajstić information content (AvgIpc) is 2.75. The van der Waals surface area contributed by atoms with Crippen molar-refractivity contribution in [2.24, 2.45) is 0 Å². The van der Waals surface area contributed by atoms with Crippen LogP contribution in [0.1, 0.15) is 27.7 Å². The molecule has 2 heterocycles. The van der Waals surface area contributed by atoms with Gasteiger partial charge in [0.15, 0.2) is 0 Å². The fourth-order valence-electron chi connectivity index (χ4n) is 2.09. The van der Waals surface area contributed by atoms with E-state index in [9.17, 15) is 0 Å². The van der Waals surface area contributed by atoms with Gasteiger partial charge in [-0.15, -0.1) is 0 Å². The topological polar surface area (TPSA) is 40.2 Å². The van der Waals surface area contributed by atoms with Crippen LogP contribution in [0.5, 0.6) is 0 Å². The summed E-state index contributed by atoms with van der Waals surface area (Å²) in [5.41, 5.74) is 0. The van der Waals surface area contributed by atoms with Gasteiger partial charge >= 0.3 is 95.9 Å². The molecule has 0 N–H and O–H groups in total. The van der Waals surface area contributed by atoms with E-state index in [1.807, 2.05) is 32.4 Å². The van der Waals surface area contributed by atoms with Gasteiger partial charge in [-0.2, -0.15) is 0 Å². The van der Waals surface area contributed by atoms with Crippen molar-refractivity contribution in [3.63, 3.8) is 0 Å². The van der Waals surface area contributed by atoms with Gasteiger partial charge in [-0.25, -0.2) is 0 Å². The maximum absolute atomic E-state index is 5.92. The standard InChI is InChI=1S/C10H20NO4P/c1-5-11(6-2)16(12-7-8-13-16)14-9(3)10(4)15-16/h5-8H2,1-4H3. The molecular weight excluding hydrogens is 229 g/mol. The number of allylic oxidation sites excluding steroid dienone is 2. The van der Waals surface area contributed by atoms with Gasteiger partial charge in [0.1, 0.15) is 0 Å². The van der Waals surface area contributed by atoms with Crippen LogP contribution >= 0.6 is 7.66 Å². The van der Waals surface area contributed by atoms with Crippen molar-refractivity contribution < 1.29 is 18.1 Å². The fourth-order valence-corrected chi connectivity index (χ4v) is 5.83. The first-order valence-electron chi connectivity index (χ1n) is 5.71. The molecule has 0 aromatic carbocycles. The summed E-state index contributed by atoms with van der Waals surface area (Å²) >= 11 is 0. The van der Waals surface area contributed by atoms with Gasteiger partial charge < -0.3 is 0 Å². The Bertz CT molecular complexity index is 303. The van der Waals surface area contributed by atoms with Crippen molar-refractivity contribution in [3.8, 4) is 0 Å². The molecule has 0 aromatic heterocycles. The molecule has 0 bridgehead atoms. The molecule has 0 atom stereocenters. The molecular formula is C10H20NO4P. The summed E-state index contributed by atoms with van der Waals surface area (Å²) < 4.78 is 25.5. The van der Waals surface area contributed by atoms with E-state index in [1.54, 1.807) is 0 Å². The minimum atomic E-state index is -3.50. The average molecular weight is 249 g/mol. The Balaban J connectivity index is 2.37. The maximum atomic E-state index is 5.92. The first kappa shape index (κ1) is 12.1. The quantitative estimate of drug-likeness (QED) is 0.719. The van der Waals surface area contributed by atoms with E-state index in [-0.39, 0.29) is 0 Å². The van der Waals surface area contributed by atoms with Crippen LogP contribution < -0.4 is 0 Å². The SMILES string of the molecule is CCN(CC)P12(OCCO1)OC(C)=C(C)O2. The fraction of sp³-hybridized carbons (Fsp3) is 0.800. The molecule has 0 amide bonds. The van der Waals surface area contributed by atoms with Crippen LogP contribution in [-0.4, -0.2) is 31.0 Å². The monoisotopic (exact) mass is 249 g/mol. The molecule has 0 aliphatic carbocycles. The Hall–Kier alpha value is -0.350. The van der Waals surface area contributed by atoms with Crippen LogP contribution in [0.25, 0.3) is 0 Å². The second-order valence-electron chi connectivity index (χ2n) is 3.87. The van der Waals surface area contributed by atoms with Crippen LogP contribution in [-0.2, 0) is 18.1 Å². The molecule has 5 nitrogen and oxygen atoms in total. The molecule has 0 aromatic rings. The van der Waals surface area contributed by atoms with E-state index >= 15 is 0 Å². The Morgan fingerprint density at radius 1 is 1.00 bits per heavy atom. The molecule has 1 fully saturated rings. The number of hydrogen-bond acceptors (Lipinski definition) is 5. The van der Waals surface area contributed by atoms with Crippen LogP contribution in [0.3, 0.4) is 0 Å². The summed E-state index contributed by atoms with van der Waals surface area (Å²) in [5, 5.41) is 0. The molecule has 2 aliphatic heterocycles. The Morgan fingerprint density at radius 3 is 1.81 bits per heavy atom. The number of rotatable bonds is 3. The molecule has 0 unspecified atom stereocenters. The second kappa shape index (κ2) is 3.84. The van der Waals surface area contributed by atoms with E-state index in [1.165, 1.54) is 0 Å². The molecule has 1 spiro atoms. The molecule has 2 aliphatic rings. The van der Waals surface area contributed by atoms with Gasteiger partial charge in [-0.05, 0) is 0 Å². The zero-order valence-corrected chi connectivity index (χ0v) is 11.3. The van der Waals surface area contributed by atoms with Gasteiger partial charge in [0, 0.05) is 0 Å². The van der Waals surface area contributed by atoms with Crippen molar-refractivity contribution in [2.75, 3.05) is 26.3 Å². The van der Waals surface area contributed by atoms with Crippen molar-refractivity contribution in [3.05, 3.63) is 11.5 Å². The Kier molecular flexibility index (Phi) is 2.91. The predicted molar refractivity (Wildman–Crippen MR) is 62.3 cm³/mol. The van der Waals surface area contributed by atoms with E-state index in [0.717, 1.165) is 24.6 Å². The summed E-state index contributed by atoms with van der Waals surface area (Å²) in [6, 6.07) is 0. The normalized spacial score (nSPS) is 28.9. The summed E-state index contributed by atoms with van der Waals surface area (Å²) in [4.78, 5) is 0. The first-order chi connectivity index (χ1) is 7.56. The van der Waals surface area contributed by atoms with E-state index in [2.05, 4.69) is 0 Å². The van der Waals surface area contributed by atoms with Gasteiger partial charge in [0.2, 0.25) is 0 Å². The summed E-state index contributed by atoms with van der Waals surface area (Å²) in [6.45, 7) is 10.4. The molecule has 16 heavy (non-hydrogen) atoms. The summed E-state index contributed by atoms with van der Waals surface area (Å²) in [7, 11) is -3.50. The van der Waals surface area contributed by atoms with Gasteiger partial charge in [-0.1, -0.05) is 0 Å². The van der Waals surface area contributed by atoms with Crippen LogP contribution in [0.15, 0.2) is 11.5 Å². The minimum absolute atomic E-state index is 0.523. The summed E-state index contributed by atoms with van der Waals surface area (Å²) in [5.74, 6) is 1.51. The van der Waals surface area contributed by atoms with Crippen molar-refractivity contribution in [2.45, 2.75) is 27.7 Å². The Morgan fingerprint density at radius 2 is 1.44 bits per heavy atom. The second-order valence-corrected chi connectivity index (χ2v) is 6.87. The van der Waals surface area contributed by atoms with Crippen LogP contribution in [0, 0.1) is 0 Å². The van der Waals surface area contributed by atoms with E-state index in [4.69, 9.17) is 18.1 Å². The molecule has 0 saturated carbocycles. The van der Waals surface area contributed by atoms with E-state index in [0.29, 0.717) is 13.2 Å². The van der Waals surface area contributed by atoms with Crippen LogP contribution in [0.4, 0.5) is 0 Å². The van der Waals surface area contributed by atoms with Crippen molar-refractivity contribution in [1.82, 2.24) is 4.67 Å². The van der Waals surface area contributed by atoms with Crippen molar-refractivity contribution >= 4 is 7.66 Å². The first-order valence-corrected chi connectivity index (χ1v) is 7.57. The van der Waals surface area contributed by atoms with Gasteiger partial charge in [0.05, 0.1) is 0 Å². The molecule has 94 valence electrons. The predicted octanol–water partition coefficient (Wildman–Crippen LogP) is 2.80. The third-order valence-electron chi connectivity index (χ3n) is 2.96. The van der Waals surface area contributed by atoms with E-state index < -0.39 is 7.66 Å². The third-order valence-corrected chi connectivity index (χ3v) is 6.84. The van der Waals surface area contributed by atoms with Crippen LogP contribution in [0.2, 0.25) is 0 Å².